The van der Waals surface area contributed by atoms with Gasteiger partial charge in [0, 0.05) is 25.3 Å². The lowest BCUT2D eigenvalue weighted by Gasteiger charge is -2.16. The number of pyridine rings is 1. The zero-order valence-electron chi connectivity index (χ0n) is 8.77. The minimum atomic E-state index is 0.290. The fourth-order valence-corrected chi connectivity index (χ4v) is 1.83. The summed E-state index contributed by atoms with van der Waals surface area (Å²) in [7, 11) is 0. The zero-order valence-corrected chi connectivity index (χ0v) is 8.77. The van der Waals surface area contributed by atoms with Crippen molar-refractivity contribution in [2.45, 2.75) is 19.9 Å². The fraction of sp³-hybridized carbons (Fsp3) is 0.545. The van der Waals surface area contributed by atoms with Crippen LogP contribution in [0.3, 0.4) is 0 Å². The van der Waals surface area contributed by atoms with Crippen molar-refractivity contribution in [2.75, 3.05) is 18.0 Å². The Morgan fingerprint density at radius 2 is 2.21 bits per heavy atom. The Bertz CT molecular complexity index is 297. The van der Waals surface area contributed by atoms with Gasteiger partial charge >= 0.3 is 0 Å². The second kappa shape index (κ2) is 3.58. The van der Waals surface area contributed by atoms with Crippen LogP contribution < -0.4 is 10.6 Å². The van der Waals surface area contributed by atoms with E-state index in [4.69, 9.17) is 5.73 Å². The zero-order chi connectivity index (χ0) is 10.1. The Kier molecular flexibility index (Phi) is 2.42. The number of anilines is 1. The average molecular weight is 191 g/mol. The molecule has 3 heteroatoms. The quantitative estimate of drug-likeness (QED) is 0.724. The van der Waals surface area contributed by atoms with Crippen LogP contribution in [0.15, 0.2) is 18.3 Å². The lowest BCUT2D eigenvalue weighted by atomic mass is 10.1. The largest absolute Gasteiger partial charge is 0.355 e. The smallest absolute Gasteiger partial charge is 0.128 e. The molecule has 1 aromatic rings. The van der Waals surface area contributed by atoms with E-state index in [1.807, 2.05) is 6.20 Å². The number of hydrogen-bond acceptors (Lipinski definition) is 3. The number of nitrogens with zero attached hydrogens (tertiary/aromatic N) is 2. The molecule has 0 saturated carbocycles. The van der Waals surface area contributed by atoms with Gasteiger partial charge in [-0.15, -0.1) is 0 Å². The van der Waals surface area contributed by atoms with Crippen molar-refractivity contribution in [3.63, 3.8) is 0 Å². The van der Waals surface area contributed by atoms with Crippen LogP contribution in [0.4, 0.5) is 5.82 Å². The monoisotopic (exact) mass is 191 g/mol. The van der Waals surface area contributed by atoms with Crippen LogP contribution in [0.5, 0.6) is 0 Å². The molecule has 0 aliphatic carbocycles. The molecular weight excluding hydrogens is 174 g/mol. The molecule has 1 fully saturated rings. The van der Waals surface area contributed by atoms with E-state index in [-0.39, 0.29) is 6.04 Å². The van der Waals surface area contributed by atoms with Gasteiger partial charge in [0.05, 0.1) is 0 Å². The molecule has 14 heavy (non-hydrogen) atoms. The Balaban J connectivity index is 2.13. The predicted molar refractivity (Wildman–Crippen MR) is 58.3 cm³/mol. The Morgan fingerprint density at radius 1 is 1.43 bits per heavy atom. The Hall–Kier alpha value is -1.09. The first-order valence-corrected chi connectivity index (χ1v) is 5.10. The molecule has 2 rings (SSSR count). The Labute approximate surface area is 84.9 Å². The van der Waals surface area contributed by atoms with E-state index in [9.17, 15) is 0 Å². The molecular formula is C11H17N3. The first kappa shape index (κ1) is 9.46. The van der Waals surface area contributed by atoms with Gasteiger partial charge in [0.15, 0.2) is 0 Å². The highest BCUT2D eigenvalue weighted by atomic mass is 15.2. The van der Waals surface area contributed by atoms with Crippen molar-refractivity contribution in [3.05, 3.63) is 23.9 Å². The normalized spacial score (nSPS) is 26.9. The van der Waals surface area contributed by atoms with Gasteiger partial charge in [-0.1, -0.05) is 13.0 Å². The lowest BCUT2D eigenvalue weighted by Crippen LogP contribution is -2.28. The highest BCUT2D eigenvalue weighted by molar-refractivity contribution is 5.41. The molecule has 0 aromatic carbocycles. The third kappa shape index (κ3) is 1.73. The van der Waals surface area contributed by atoms with Gasteiger partial charge in [-0.05, 0) is 24.5 Å². The second-order valence-electron chi connectivity index (χ2n) is 4.24. The number of rotatable bonds is 1. The number of hydrogen-bond donors (Lipinski definition) is 1. The van der Waals surface area contributed by atoms with Gasteiger partial charge in [-0.3, -0.25) is 0 Å². The highest BCUT2D eigenvalue weighted by Gasteiger charge is 2.26. The summed E-state index contributed by atoms with van der Waals surface area (Å²) < 4.78 is 0. The van der Waals surface area contributed by atoms with Crippen molar-refractivity contribution in [1.82, 2.24) is 4.98 Å². The molecule has 1 aromatic heterocycles. The fourth-order valence-electron chi connectivity index (χ4n) is 1.83. The second-order valence-corrected chi connectivity index (χ2v) is 4.24. The molecule has 0 radical (unpaired) electrons. The van der Waals surface area contributed by atoms with Crippen molar-refractivity contribution in [1.29, 1.82) is 0 Å². The molecule has 2 heterocycles. The minimum Gasteiger partial charge on any atom is -0.355 e. The predicted octanol–water partition coefficient (Wildman–Crippen LogP) is 1.17. The van der Waals surface area contributed by atoms with Crippen LogP contribution in [-0.4, -0.2) is 24.1 Å². The molecule has 0 amide bonds. The van der Waals surface area contributed by atoms with Crippen molar-refractivity contribution >= 4 is 5.82 Å². The van der Waals surface area contributed by atoms with E-state index in [1.165, 1.54) is 5.56 Å². The van der Waals surface area contributed by atoms with Crippen LogP contribution in [0.1, 0.15) is 12.5 Å². The van der Waals surface area contributed by atoms with Crippen LogP contribution in [0, 0.1) is 12.8 Å². The molecule has 1 saturated heterocycles. The molecule has 3 nitrogen and oxygen atoms in total. The van der Waals surface area contributed by atoms with Crippen LogP contribution in [0.25, 0.3) is 0 Å². The highest BCUT2D eigenvalue weighted by Crippen LogP contribution is 2.20. The third-order valence-electron chi connectivity index (χ3n) is 2.89. The van der Waals surface area contributed by atoms with Crippen molar-refractivity contribution in [2.24, 2.45) is 11.7 Å². The molecule has 76 valence electrons. The number of aryl methyl sites for hydroxylation is 1. The summed E-state index contributed by atoms with van der Waals surface area (Å²) in [5, 5.41) is 0. The SMILES string of the molecule is Cc1ccc(N2CC(C)C(N)C2)nc1. The molecule has 1 aliphatic rings. The molecule has 2 N–H and O–H groups in total. The van der Waals surface area contributed by atoms with Gasteiger partial charge in [-0.25, -0.2) is 4.98 Å². The molecule has 2 atom stereocenters. The summed E-state index contributed by atoms with van der Waals surface area (Å²) in [5.41, 5.74) is 7.17. The first-order valence-electron chi connectivity index (χ1n) is 5.10. The van der Waals surface area contributed by atoms with E-state index >= 15 is 0 Å². The van der Waals surface area contributed by atoms with E-state index in [0.717, 1.165) is 18.9 Å². The summed E-state index contributed by atoms with van der Waals surface area (Å²) >= 11 is 0. The van der Waals surface area contributed by atoms with E-state index < -0.39 is 0 Å². The average Bonchev–Trinajstić information content (AvgIpc) is 2.48. The van der Waals surface area contributed by atoms with Gasteiger partial charge in [0.1, 0.15) is 5.82 Å². The molecule has 2 unspecified atom stereocenters. The topological polar surface area (TPSA) is 42.1 Å². The maximum atomic E-state index is 5.97. The number of nitrogens with two attached hydrogens (primary N) is 1. The van der Waals surface area contributed by atoms with Crippen LogP contribution in [-0.2, 0) is 0 Å². The summed E-state index contributed by atoms with van der Waals surface area (Å²) in [6.07, 6.45) is 1.91. The van der Waals surface area contributed by atoms with Gasteiger partial charge in [0.25, 0.3) is 0 Å². The number of aromatic nitrogens is 1. The standard InChI is InChI=1S/C11H17N3/c1-8-3-4-11(13-5-8)14-6-9(2)10(12)7-14/h3-5,9-10H,6-7,12H2,1-2H3. The van der Waals surface area contributed by atoms with Crippen molar-refractivity contribution < 1.29 is 0 Å². The third-order valence-corrected chi connectivity index (χ3v) is 2.89. The van der Waals surface area contributed by atoms with Gasteiger partial charge in [0.2, 0.25) is 0 Å². The van der Waals surface area contributed by atoms with Crippen LogP contribution in [0.2, 0.25) is 0 Å². The maximum absolute atomic E-state index is 5.97. The van der Waals surface area contributed by atoms with Crippen LogP contribution >= 0.6 is 0 Å². The summed E-state index contributed by atoms with van der Waals surface area (Å²) in [6, 6.07) is 4.45. The summed E-state index contributed by atoms with van der Waals surface area (Å²) in [5.74, 6) is 1.62. The molecule has 0 spiro atoms. The van der Waals surface area contributed by atoms with E-state index in [1.54, 1.807) is 0 Å². The first-order chi connectivity index (χ1) is 6.66. The molecule has 0 bridgehead atoms. The van der Waals surface area contributed by atoms with E-state index in [0.29, 0.717) is 5.92 Å². The minimum absolute atomic E-state index is 0.290. The lowest BCUT2D eigenvalue weighted by molar-refractivity contribution is 0.566. The van der Waals surface area contributed by atoms with Gasteiger partial charge < -0.3 is 10.6 Å². The Morgan fingerprint density at radius 3 is 2.71 bits per heavy atom. The summed E-state index contributed by atoms with van der Waals surface area (Å²) in [6.45, 7) is 6.20. The molecule has 1 aliphatic heterocycles. The van der Waals surface area contributed by atoms with E-state index in [2.05, 4.69) is 35.9 Å². The maximum Gasteiger partial charge on any atom is 0.128 e. The van der Waals surface area contributed by atoms with Gasteiger partial charge in [-0.2, -0.15) is 0 Å². The van der Waals surface area contributed by atoms with Crippen molar-refractivity contribution in [3.8, 4) is 0 Å². The summed E-state index contributed by atoms with van der Waals surface area (Å²) in [4.78, 5) is 6.66.